The van der Waals surface area contributed by atoms with Crippen molar-refractivity contribution < 1.29 is 19.1 Å². The van der Waals surface area contributed by atoms with Gasteiger partial charge in [-0.2, -0.15) is 0 Å². The zero-order valence-electron chi connectivity index (χ0n) is 17.6. The van der Waals surface area contributed by atoms with E-state index in [4.69, 9.17) is 9.47 Å². The smallest absolute Gasteiger partial charge is 0.332 e. The molecular weight excluding hydrogens is 344 g/mol. The molecule has 2 N–H and O–H groups in total. The number of esters is 1. The predicted octanol–water partition coefficient (Wildman–Crippen LogP) is 3.36. The van der Waals surface area contributed by atoms with Gasteiger partial charge in [-0.05, 0) is 59.4 Å². The number of amides is 1. The Hall–Kier alpha value is -1.40. The van der Waals surface area contributed by atoms with Crippen molar-refractivity contribution in [2.24, 2.45) is 0 Å². The molecule has 0 aromatic carbocycles. The number of likely N-dealkylation sites (N-methyl/N-ethyl adjacent to an activating group) is 1. The molecule has 0 aromatic rings. The molecular formula is C21H40N2O4. The molecule has 6 heteroatoms. The summed E-state index contributed by atoms with van der Waals surface area (Å²) >= 11 is 0. The lowest BCUT2D eigenvalue weighted by Gasteiger charge is -2.10. The third-order valence-electron chi connectivity index (χ3n) is 4.27. The van der Waals surface area contributed by atoms with E-state index in [0.717, 1.165) is 45.1 Å². The first-order valence-electron chi connectivity index (χ1n) is 10.4. The molecule has 0 rings (SSSR count). The lowest BCUT2D eigenvalue weighted by molar-refractivity contribution is -0.148. The van der Waals surface area contributed by atoms with Crippen molar-refractivity contribution in [1.82, 2.24) is 10.6 Å². The van der Waals surface area contributed by atoms with E-state index in [9.17, 15) is 9.59 Å². The molecule has 0 fully saturated rings. The average molecular weight is 385 g/mol. The normalized spacial score (nSPS) is 12.3. The summed E-state index contributed by atoms with van der Waals surface area (Å²) in [6.45, 7) is 5.51. The van der Waals surface area contributed by atoms with Crippen molar-refractivity contribution in [3.8, 4) is 0 Å². The summed E-state index contributed by atoms with van der Waals surface area (Å²) < 4.78 is 10.1. The zero-order valence-corrected chi connectivity index (χ0v) is 17.6. The highest BCUT2D eigenvalue weighted by molar-refractivity contribution is 5.81. The highest BCUT2D eigenvalue weighted by Gasteiger charge is 2.07. The molecule has 0 aliphatic carbocycles. The van der Waals surface area contributed by atoms with Gasteiger partial charge >= 0.3 is 5.97 Å². The summed E-state index contributed by atoms with van der Waals surface area (Å²) in [7, 11) is 1.79. The minimum Gasteiger partial charge on any atom is -0.464 e. The Morgan fingerprint density at radius 2 is 1.59 bits per heavy atom. The van der Waals surface area contributed by atoms with Gasteiger partial charge in [0.05, 0.1) is 12.6 Å². The topological polar surface area (TPSA) is 76.7 Å². The van der Waals surface area contributed by atoms with Crippen LogP contribution in [0.2, 0.25) is 0 Å². The van der Waals surface area contributed by atoms with Crippen LogP contribution in [0.5, 0.6) is 0 Å². The highest BCUT2D eigenvalue weighted by Crippen LogP contribution is 2.07. The molecule has 27 heavy (non-hydrogen) atoms. The minimum atomic E-state index is -0.280. The van der Waals surface area contributed by atoms with E-state index in [1.165, 1.54) is 19.3 Å². The maximum absolute atomic E-state index is 11.5. The number of rotatable bonds is 18. The first kappa shape index (κ1) is 25.6. The average Bonchev–Trinajstić information content (AvgIpc) is 2.66. The third-order valence-corrected chi connectivity index (χ3v) is 4.27. The van der Waals surface area contributed by atoms with Crippen molar-refractivity contribution in [1.29, 1.82) is 0 Å². The monoisotopic (exact) mass is 384 g/mol. The quantitative estimate of drug-likeness (QED) is 0.215. The van der Waals surface area contributed by atoms with Gasteiger partial charge in [0.2, 0.25) is 5.91 Å². The van der Waals surface area contributed by atoms with Crippen molar-refractivity contribution in [3.05, 3.63) is 12.2 Å². The fourth-order valence-corrected chi connectivity index (χ4v) is 2.47. The van der Waals surface area contributed by atoms with Crippen LogP contribution in [-0.2, 0) is 19.1 Å². The summed E-state index contributed by atoms with van der Waals surface area (Å²) in [6, 6.07) is -0.123. The van der Waals surface area contributed by atoms with Crippen molar-refractivity contribution in [2.75, 3.05) is 33.4 Å². The molecule has 0 radical (unpaired) electrons. The van der Waals surface area contributed by atoms with Crippen LogP contribution in [0.1, 0.15) is 71.6 Å². The van der Waals surface area contributed by atoms with E-state index in [-0.39, 0.29) is 24.5 Å². The van der Waals surface area contributed by atoms with Gasteiger partial charge in [0.15, 0.2) is 0 Å². The molecule has 6 nitrogen and oxygen atoms in total. The lowest BCUT2D eigenvalue weighted by Crippen LogP contribution is -2.40. The van der Waals surface area contributed by atoms with Crippen LogP contribution in [0.25, 0.3) is 0 Å². The molecule has 0 aromatic heterocycles. The van der Waals surface area contributed by atoms with E-state index in [1.54, 1.807) is 14.0 Å². The van der Waals surface area contributed by atoms with Crippen molar-refractivity contribution in [3.63, 3.8) is 0 Å². The van der Waals surface area contributed by atoms with E-state index >= 15 is 0 Å². The number of hydrogen-bond acceptors (Lipinski definition) is 5. The standard InChI is InChI=1S/C21H40N2O4/c1-4-27-20(24)18-26-17-15-13-11-9-7-5-6-8-10-12-14-16-23-21(25)19(2)22-3/h6,8,19,22H,4-5,7,9-18H2,1-3H3,(H,23,25)/b8-6-. The number of carbonyl (C=O) groups is 2. The molecule has 0 heterocycles. The van der Waals surface area contributed by atoms with Crippen LogP contribution in [0.4, 0.5) is 0 Å². The van der Waals surface area contributed by atoms with E-state index in [2.05, 4.69) is 22.8 Å². The van der Waals surface area contributed by atoms with Crippen LogP contribution in [0.3, 0.4) is 0 Å². The summed E-state index contributed by atoms with van der Waals surface area (Å²) in [5.74, 6) is -0.212. The largest absolute Gasteiger partial charge is 0.464 e. The zero-order chi connectivity index (χ0) is 20.2. The van der Waals surface area contributed by atoms with E-state index < -0.39 is 0 Å². The Morgan fingerprint density at radius 3 is 2.26 bits per heavy atom. The number of nitrogens with one attached hydrogen (secondary N) is 2. The van der Waals surface area contributed by atoms with Crippen LogP contribution in [-0.4, -0.2) is 51.3 Å². The number of allylic oxidation sites excluding steroid dienone is 2. The molecule has 0 aliphatic rings. The summed E-state index contributed by atoms with van der Waals surface area (Å²) in [4.78, 5) is 22.6. The lowest BCUT2D eigenvalue weighted by atomic mass is 10.1. The molecule has 1 atom stereocenters. The molecule has 0 aliphatic heterocycles. The fourth-order valence-electron chi connectivity index (χ4n) is 2.47. The fraction of sp³-hybridized carbons (Fsp3) is 0.810. The van der Waals surface area contributed by atoms with E-state index in [0.29, 0.717) is 13.2 Å². The first-order chi connectivity index (χ1) is 13.1. The summed E-state index contributed by atoms with van der Waals surface area (Å²) in [5, 5.41) is 5.86. The van der Waals surface area contributed by atoms with Gasteiger partial charge in [-0.1, -0.05) is 31.4 Å². The molecule has 1 unspecified atom stereocenters. The Morgan fingerprint density at radius 1 is 0.963 bits per heavy atom. The van der Waals surface area contributed by atoms with E-state index in [1.807, 2.05) is 6.92 Å². The van der Waals surface area contributed by atoms with Crippen LogP contribution < -0.4 is 10.6 Å². The van der Waals surface area contributed by atoms with Crippen LogP contribution in [0, 0.1) is 0 Å². The minimum absolute atomic E-state index is 0.0682. The molecule has 0 bridgehead atoms. The first-order valence-corrected chi connectivity index (χ1v) is 10.4. The van der Waals surface area contributed by atoms with Crippen LogP contribution >= 0.6 is 0 Å². The van der Waals surface area contributed by atoms with Crippen molar-refractivity contribution >= 4 is 11.9 Å². The maximum Gasteiger partial charge on any atom is 0.332 e. The maximum atomic E-state index is 11.5. The van der Waals surface area contributed by atoms with Crippen molar-refractivity contribution in [2.45, 2.75) is 77.7 Å². The van der Waals surface area contributed by atoms with Gasteiger partial charge in [0, 0.05) is 13.2 Å². The molecule has 0 saturated heterocycles. The second-order valence-electron chi connectivity index (χ2n) is 6.68. The number of hydrogen-bond donors (Lipinski definition) is 2. The number of ether oxygens (including phenoxy) is 2. The predicted molar refractivity (Wildman–Crippen MR) is 110 cm³/mol. The molecule has 1 amide bonds. The molecule has 0 spiro atoms. The van der Waals surface area contributed by atoms with Gasteiger partial charge in [-0.15, -0.1) is 0 Å². The number of unbranched alkanes of at least 4 members (excludes halogenated alkanes) is 7. The highest BCUT2D eigenvalue weighted by atomic mass is 16.6. The second kappa shape index (κ2) is 19.4. The summed E-state index contributed by atoms with van der Waals surface area (Å²) in [6.07, 6.45) is 14.7. The Kier molecular flexibility index (Phi) is 18.4. The van der Waals surface area contributed by atoms with Gasteiger partial charge in [-0.25, -0.2) is 4.79 Å². The Labute approximate surface area is 165 Å². The third kappa shape index (κ3) is 17.8. The molecule has 158 valence electrons. The number of carbonyl (C=O) groups excluding carboxylic acids is 2. The van der Waals surface area contributed by atoms with Gasteiger partial charge in [0.1, 0.15) is 6.61 Å². The summed E-state index contributed by atoms with van der Waals surface area (Å²) in [5.41, 5.74) is 0. The second-order valence-corrected chi connectivity index (χ2v) is 6.68. The van der Waals surface area contributed by atoms with Crippen LogP contribution in [0.15, 0.2) is 12.2 Å². The molecule has 0 saturated carbocycles. The van der Waals surface area contributed by atoms with Gasteiger partial charge in [0.25, 0.3) is 0 Å². The Bertz CT molecular complexity index is 400. The SMILES string of the molecule is CCOC(=O)COCCCCCCC/C=C\CCCCNC(=O)C(C)NC. The van der Waals surface area contributed by atoms with Gasteiger partial charge < -0.3 is 20.1 Å². The Balaban J connectivity index is 3.25. The van der Waals surface area contributed by atoms with Gasteiger partial charge in [-0.3, -0.25) is 4.79 Å².